The van der Waals surface area contributed by atoms with Gasteiger partial charge in [0, 0.05) is 0 Å². The lowest BCUT2D eigenvalue weighted by molar-refractivity contribution is 0.244. The standard InChI is InChI=1S/C32H24OS3/c33-22-32(29-10-4-1-7-26(29)23-13-16-34-19-23,30-11-5-2-8-27(30)24-14-17-35-20-24)31-12-6-3-9-28(31)25-15-18-36-21-25/h1-21,33H,22H2. The van der Waals surface area contributed by atoms with Crippen molar-refractivity contribution in [3.8, 4) is 33.4 Å². The fourth-order valence-corrected chi connectivity index (χ4v) is 7.23. The van der Waals surface area contributed by atoms with Crippen LogP contribution in [-0.4, -0.2) is 11.7 Å². The summed E-state index contributed by atoms with van der Waals surface area (Å²) < 4.78 is 0. The molecule has 4 heteroatoms. The molecule has 0 radical (unpaired) electrons. The number of thiophene rings is 3. The van der Waals surface area contributed by atoms with Crippen LogP contribution in [0.2, 0.25) is 0 Å². The van der Waals surface area contributed by atoms with Crippen molar-refractivity contribution >= 4 is 34.0 Å². The first-order valence-corrected chi connectivity index (χ1v) is 14.6. The van der Waals surface area contributed by atoms with Crippen molar-refractivity contribution in [3.63, 3.8) is 0 Å². The lowest BCUT2D eigenvalue weighted by Crippen LogP contribution is -2.35. The Hall–Kier alpha value is -3.28. The molecular formula is C32H24OS3. The highest BCUT2D eigenvalue weighted by molar-refractivity contribution is 7.08. The van der Waals surface area contributed by atoms with Gasteiger partial charge in [-0.15, -0.1) is 0 Å². The second-order valence-electron chi connectivity index (χ2n) is 8.74. The molecule has 3 heterocycles. The largest absolute Gasteiger partial charge is 0.395 e. The van der Waals surface area contributed by atoms with Gasteiger partial charge in [-0.2, -0.15) is 34.0 Å². The van der Waals surface area contributed by atoms with Gasteiger partial charge in [-0.25, -0.2) is 0 Å². The SMILES string of the molecule is OCC(c1ccccc1-c1ccsc1)(c1ccccc1-c1ccsc1)c1ccccc1-c1ccsc1. The van der Waals surface area contributed by atoms with Gasteiger partial charge in [0.15, 0.2) is 0 Å². The van der Waals surface area contributed by atoms with Crippen LogP contribution in [0.25, 0.3) is 33.4 Å². The summed E-state index contributed by atoms with van der Waals surface area (Å²) in [5, 5.41) is 24.5. The average Bonchev–Trinajstić information content (AvgIpc) is 3.74. The third kappa shape index (κ3) is 3.87. The highest BCUT2D eigenvalue weighted by atomic mass is 32.1. The molecule has 0 fully saturated rings. The van der Waals surface area contributed by atoms with Gasteiger partial charge in [-0.1, -0.05) is 72.8 Å². The lowest BCUT2D eigenvalue weighted by Gasteiger charge is -2.38. The summed E-state index contributed by atoms with van der Waals surface area (Å²) >= 11 is 5.09. The van der Waals surface area contributed by atoms with Gasteiger partial charge in [0.25, 0.3) is 0 Å². The smallest absolute Gasteiger partial charge is 0.0700 e. The normalized spacial score (nSPS) is 11.6. The zero-order chi connectivity index (χ0) is 24.4. The number of hydrogen-bond acceptors (Lipinski definition) is 4. The first-order chi connectivity index (χ1) is 17.8. The maximum atomic E-state index is 11.6. The van der Waals surface area contributed by atoms with Crippen molar-refractivity contribution in [2.75, 3.05) is 6.61 Å². The second-order valence-corrected chi connectivity index (χ2v) is 11.1. The summed E-state index contributed by atoms with van der Waals surface area (Å²) in [5.41, 5.74) is 9.51. The van der Waals surface area contributed by atoms with Gasteiger partial charge in [0.05, 0.1) is 12.0 Å². The van der Waals surface area contributed by atoms with Crippen LogP contribution < -0.4 is 0 Å². The summed E-state index contributed by atoms with van der Waals surface area (Å²) in [6.07, 6.45) is 0. The maximum Gasteiger partial charge on any atom is 0.0700 e. The Bertz CT molecular complexity index is 1370. The molecule has 6 rings (SSSR count). The number of rotatable bonds is 7. The summed E-state index contributed by atoms with van der Waals surface area (Å²) in [4.78, 5) is 0. The van der Waals surface area contributed by atoms with Crippen LogP contribution in [0.1, 0.15) is 16.7 Å². The van der Waals surface area contributed by atoms with E-state index < -0.39 is 5.41 Å². The lowest BCUT2D eigenvalue weighted by atomic mass is 9.65. The number of hydrogen-bond donors (Lipinski definition) is 1. The Labute approximate surface area is 223 Å². The number of aliphatic hydroxyl groups excluding tert-OH is 1. The van der Waals surface area contributed by atoms with E-state index in [0.717, 1.165) is 33.4 Å². The summed E-state index contributed by atoms with van der Waals surface area (Å²) in [6.45, 7) is -0.0591. The van der Waals surface area contributed by atoms with Gasteiger partial charge in [0.2, 0.25) is 0 Å². The van der Waals surface area contributed by atoms with E-state index in [1.807, 2.05) is 0 Å². The summed E-state index contributed by atoms with van der Waals surface area (Å²) in [7, 11) is 0. The van der Waals surface area contributed by atoms with Crippen LogP contribution in [0.3, 0.4) is 0 Å². The van der Waals surface area contributed by atoms with Gasteiger partial charge in [-0.3, -0.25) is 0 Å². The molecule has 3 aromatic carbocycles. The number of aliphatic hydroxyl groups is 1. The molecule has 0 amide bonds. The molecule has 0 spiro atoms. The fraction of sp³-hybridized carbons (Fsp3) is 0.0625. The molecule has 6 aromatic rings. The quantitative estimate of drug-likeness (QED) is 0.208. The van der Waals surface area contributed by atoms with Crippen LogP contribution in [0.5, 0.6) is 0 Å². The first-order valence-electron chi connectivity index (χ1n) is 11.8. The molecule has 0 aliphatic carbocycles. The van der Waals surface area contributed by atoms with Crippen molar-refractivity contribution in [2.24, 2.45) is 0 Å². The molecule has 0 aliphatic heterocycles. The minimum atomic E-state index is -0.782. The predicted octanol–water partition coefficient (Wildman–Crippen LogP) is 9.20. The van der Waals surface area contributed by atoms with E-state index >= 15 is 0 Å². The zero-order valence-electron chi connectivity index (χ0n) is 19.5. The zero-order valence-corrected chi connectivity index (χ0v) is 22.0. The van der Waals surface area contributed by atoms with Crippen LogP contribution >= 0.6 is 34.0 Å². The molecule has 1 N–H and O–H groups in total. The molecule has 36 heavy (non-hydrogen) atoms. The Balaban J connectivity index is 1.75. The molecule has 3 aromatic heterocycles. The molecule has 176 valence electrons. The highest BCUT2D eigenvalue weighted by Crippen LogP contribution is 2.49. The molecule has 0 saturated heterocycles. The van der Waals surface area contributed by atoms with E-state index in [0.29, 0.717) is 0 Å². The van der Waals surface area contributed by atoms with E-state index in [1.165, 1.54) is 16.7 Å². The van der Waals surface area contributed by atoms with Crippen LogP contribution in [-0.2, 0) is 5.41 Å². The average molecular weight is 521 g/mol. The molecule has 0 unspecified atom stereocenters. The molecule has 0 bridgehead atoms. The Morgan fingerprint density at radius 2 is 0.806 bits per heavy atom. The Morgan fingerprint density at radius 3 is 1.08 bits per heavy atom. The number of benzene rings is 3. The van der Waals surface area contributed by atoms with E-state index in [2.05, 4.69) is 123 Å². The Kier molecular flexibility index (Phi) is 6.43. The highest BCUT2D eigenvalue weighted by Gasteiger charge is 2.41. The van der Waals surface area contributed by atoms with Gasteiger partial charge in [0.1, 0.15) is 0 Å². The molecular weight excluding hydrogens is 497 g/mol. The third-order valence-corrected chi connectivity index (χ3v) is 8.94. The van der Waals surface area contributed by atoms with Crippen LogP contribution in [0.15, 0.2) is 123 Å². The molecule has 0 aliphatic rings. The fourth-order valence-electron chi connectivity index (χ4n) is 5.26. The van der Waals surface area contributed by atoms with Crippen molar-refractivity contribution in [2.45, 2.75) is 5.41 Å². The second kappa shape index (κ2) is 10.00. The topological polar surface area (TPSA) is 20.2 Å². The van der Waals surface area contributed by atoms with E-state index in [4.69, 9.17) is 0 Å². The van der Waals surface area contributed by atoms with Crippen molar-refractivity contribution < 1.29 is 5.11 Å². The van der Waals surface area contributed by atoms with E-state index in [1.54, 1.807) is 34.0 Å². The first kappa shape index (κ1) is 23.1. The van der Waals surface area contributed by atoms with Crippen molar-refractivity contribution in [1.29, 1.82) is 0 Å². The van der Waals surface area contributed by atoms with E-state index in [-0.39, 0.29) is 6.61 Å². The monoisotopic (exact) mass is 520 g/mol. The van der Waals surface area contributed by atoms with Crippen molar-refractivity contribution in [3.05, 3.63) is 140 Å². The minimum Gasteiger partial charge on any atom is -0.395 e. The summed E-state index contributed by atoms with van der Waals surface area (Å²) in [6, 6.07) is 32.2. The Morgan fingerprint density at radius 1 is 0.472 bits per heavy atom. The van der Waals surface area contributed by atoms with Gasteiger partial charge >= 0.3 is 0 Å². The van der Waals surface area contributed by atoms with Gasteiger partial charge in [-0.05, 0) is 101 Å². The maximum absolute atomic E-state index is 11.6. The minimum absolute atomic E-state index is 0.0591. The van der Waals surface area contributed by atoms with Gasteiger partial charge < -0.3 is 5.11 Å². The predicted molar refractivity (Wildman–Crippen MR) is 156 cm³/mol. The van der Waals surface area contributed by atoms with Crippen LogP contribution in [0, 0.1) is 0 Å². The molecule has 0 atom stereocenters. The van der Waals surface area contributed by atoms with Crippen molar-refractivity contribution in [1.82, 2.24) is 0 Å². The third-order valence-electron chi connectivity index (χ3n) is 6.89. The summed E-state index contributed by atoms with van der Waals surface area (Å²) in [5.74, 6) is 0. The molecule has 1 nitrogen and oxygen atoms in total. The molecule has 0 saturated carbocycles. The van der Waals surface area contributed by atoms with E-state index in [9.17, 15) is 5.11 Å². The van der Waals surface area contributed by atoms with Crippen LogP contribution in [0.4, 0.5) is 0 Å².